The highest BCUT2D eigenvalue weighted by Crippen LogP contribution is 2.30. The van der Waals surface area contributed by atoms with Crippen LogP contribution in [-0.4, -0.2) is 17.0 Å². The van der Waals surface area contributed by atoms with E-state index in [1.54, 1.807) is 6.07 Å². The Labute approximate surface area is 181 Å². The molecule has 0 spiro atoms. The maximum Gasteiger partial charge on any atom is 0.336 e. The number of hydrogen-bond acceptors (Lipinski definition) is 4. The summed E-state index contributed by atoms with van der Waals surface area (Å²) in [6.07, 6.45) is 2.89. The molecule has 0 aliphatic rings. The molecule has 0 aliphatic carbocycles. The van der Waals surface area contributed by atoms with Crippen molar-refractivity contribution in [3.05, 3.63) is 75.3 Å². The molecular weight excluding hydrogens is 390 g/mol. The zero-order chi connectivity index (χ0) is 22.1. The van der Waals surface area contributed by atoms with Crippen LogP contribution in [0.15, 0.2) is 51.7 Å². The van der Waals surface area contributed by atoms with Crippen molar-refractivity contribution in [2.24, 2.45) is 7.05 Å². The van der Waals surface area contributed by atoms with Gasteiger partial charge in [-0.15, -0.1) is 0 Å². The molecule has 2 aromatic heterocycles. The van der Waals surface area contributed by atoms with Crippen LogP contribution in [0.5, 0.6) is 5.75 Å². The molecule has 2 heterocycles. The molecule has 4 rings (SSSR count). The Balaban J connectivity index is 1.64. The van der Waals surface area contributed by atoms with Crippen LogP contribution in [0.2, 0.25) is 0 Å². The van der Waals surface area contributed by atoms with E-state index in [4.69, 9.17) is 9.15 Å². The van der Waals surface area contributed by atoms with Crippen LogP contribution in [0, 0.1) is 13.8 Å². The third kappa shape index (κ3) is 3.76. The maximum absolute atomic E-state index is 13.1. The number of carbonyl (C=O) groups excluding carboxylic acids is 1. The number of benzene rings is 2. The molecule has 0 radical (unpaired) electrons. The van der Waals surface area contributed by atoms with Gasteiger partial charge in [-0.1, -0.05) is 31.5 Å². The molecule has 31 heavy (non-hydrogen) atoms. The van der Waals surface area contributed by atoms with E-state index in [2.05, 4.69) is 6.92 Å². The van der Waals surface area contributed by atoms with Gasteiger partial charge in [-0.25, -0.2) is 4.79 Å². The summed E-state index contributed by atoms with van der Waals surface area (Å²) in [4.78, 5) is 25.1. The van der Waals surface area contributed by atoms with Gasteiger partial charge in [0.25, 0.3) is 0 Å². The van der Waals surface area contributed by atoms with E-state index in [1.807, 2.05) is 61.9 Å². The lowest BCUT2D eigenvalue weighted by Gasteiger charge is -2.12. The van der Waals surface area contributed by atoms with Crippen molar-refractivity contribution in [1.82, 2.24) is 4.57 Å². The van der Waals surface area contributed by atoms with E-state index in [0.717, 1.165) is 52.4 Å². The highest BCUT2D eigenvalue weighted by molar-refractivity contribution is 6.10. The van der Waals surface area contributed by atoms with E-state index >= 15 is 0 Å². The molecule has 2 aromatic carbocycles. The van der Waals surface area contributed by atoms with Crippen molar-refractivity contribution < 1.29 is 13.9 Å². The van der Waals surface area contributed by atoms with Crippen molar-refractivity contribution in [1.29, 1.82) is 0 Å². The van der Waals surface area contributed by atoms with Gasteiger partial charge in [-0.2, -0.15) is 0 Å². The summed E-state index contributed by atoms with van der Waals surface area (Å²) in [6.45, 7) is 5.85. The molecule has 0 aliphatic heterocycles. The lowest BCUT2D eigenvalue weighted by atomic mass is 10.0. The molecule has 0 unspecified atom stereocenters. The SMILES string of the molecule is CCCCc1cc(=O)oc2c(C)c(OCC(=O)c3c(C)n(C)c4ccccc34)ccc12. The highest BCUT2D eigenvalue weighted by atomic mass is 16.5. The molecule has 0 N–H and O–H groups in total. The number of para-hydroxylation sites is 1. The summed E-state index contributed by atoms with van der Waals surface area (Å²) in [5.74, 6) is 0.474. The lowest BCUT2D eigenvalue weighted by molar-refractivity contribution is 0.0922. The second-order valence-electron chi connectivity index (χ2n) is 8.01. The number of fused-ring (bicyclic) bond motifs is 2. The third-order valence-corrected chi connectivity index (χ3v) is 6.03. The maximum atomic E-state index is 13.1. The minimum Gasteiger partial charge on any atom is -0.485 e. The summed E-state index contributed by atoms with van der Waals surface area (Å²) in [7, 11) is 1.96. The number of nitrogens with zero attached hydrogens (tertiary/aromatic N) is 1. The number of Topliss-reactive ketones (excluding diaryl/α,β-unsaturated/α-hetero) is 1. The molecule has 0 atom stereocenters. The molecule has 160 valence electrons. The third-order valence-electron chi connectivity index (χ3n) is 6.03. The molecule has 0 fully saturated rings. The van der Waals surface area contributed by atoms with Gasteiger partial charge in [0.1, 0.15) is 11.3 Å². The van der Waals surface area contributed by atoms with Crippen LogP contribution in [0.25, 0.3) is 21.9 Å². The Hall–Kier alpha value is -3.34. The molecule has 0 amide bonds. The van der Waals surface area contributed by atoms with Gasteiger partial charge in [0.15, 0.2) is 6.61 Å². The summed E-state index contributed by atoms with van der Waals surface area (Å²) in [6, 6.07) is 13.2. The number of aryl methyl sites for hydroxylation is 3. The molecule has 5 nitrogen and oxygen atoms in total. The summed E-state index contributed by atoms with van der Waals surface area (Å²) >= 11 is 0. The molecule has 5 heteroatoms. The van der Waals surface area contributed by atoms with E-state index in [-0.39, 0.29) is 18.0 Å². The standard InChI is InChI=1S/C26H27NO4/c1-5-6-9-18-14-24(29)31-26-16(2)23(13-12-19(18)26)30-15-22(28)25-17(3)27(4)21-11-8-7-10-20(21)25/h7-8,10-14H,5-6,9,15H2,1-4H3. The van der Waals surface area contributed by atoms with Gasteiger partial charge in [-0.3, -0.25) is 4.79 Å². The zero-order valence-electron chi connectivity index (χ0n) is 18.5. The van der Waals surface area contributed by atoms with Crippen LogP contribution >= 0.6 is 0 Å². The number of unbranched alkanes of at least 4 members (excludes halogenated alkanes) is 1. The number of rotatable bonds is 7. The molecular formula is C26H27NO4. The Morgan fingerprint density at radius 3 is 2.65 bits per heavy atom. The molecule has 4 aromatic rings. The fourth-order valence-corrected chi connectivity index (χ4v) is 4.23. The van der Waals surface area contributed by atoms with Gasteiger partial charge < -0.3 is 13.7 Å². The van der Waals surface area contributed by atoms with Gasteiger partial charge in [0.05, 0.1) is 0 Å². The Kier molecular flexibility index (Phi) is 5.68. The Morgan fingerprint density at radius 2 is 1.87 bits per heavy atom. The largest absolute Gasteiger partial charge is 0.485 e. The van der Waals surface area contributed by atoms with E-state index in [0.29, 0.717) is 16.9 Å². The number of ether oxygens (including phenoxy) is 1. The summed E-state index contributed by atoms with van der Waals surface area (Å²) in [5.41, 5.74) is 4.51. The van der Waals surface area contributed by atoms with Crippen LogP contribution < -0.4 is 10.4 Å². The van der Waals surface area contributed by atoms with Crippen molar-refractivity contribution in [3.8, 4) is 5.75 Å². The van der Waals surface area contributed by atoms with Crippen molar-refractivity contribution in [2.45, 2.75) is 40.0 Å². The van der Waals surface area contributed by atoms with Gasteiger partial charge >= 0.3 is 5.63 Å². The average Bonchev–Trinajstić information content (AvgIpc) is 3.02. The highest BCUT2D eigenvalue weighted by Gasteiger charge is 2.19. The summed E-state index contributed by atoms with van der Waals surface area (Å²) < 4.78 is 13.4. The number of carbonyl (C=O) groups is 1. The van der Waals surface area contributed by atoms with E-state index in [9.17, 15) is 9.59 Å². The fourth-order valence-electron chi connectivity index (χ4n) is 4.23. The topological polar surface area (TPSA) is 61.4 Å². The van der Waals surface area contributed by atoms with Crippen LogP contribution in [0.3, 0.4) is 0 Å². The van der Waals surface area contributed by atoms with E-state index in [1.165, 1.54) is 0 Å². The Bertz CT molecular complexity index is 1340. The normalized spacial score (nSPS) is 11.4. The second kappa shape index (κ2) is 8.42. The summed E-state index contributed by atoms with van der Waals surface area (Å²) in [5, 5.41) is 1.85. The van der Waals surface area contributed by atoms with Gasteiger partial charge in [0.2, 0.25) is 5.78 Å². The zero-order valence-corrected chi connectivity index (χ0v) is 18.5. The first kappa shape index (κ1) is 20.9. The van der Waals surface area contributed by atoms with Gasteiger partial charge in [0, 0.05) is 46.2 Å². The molecule has 0 saturated heterocycles. The predicted molar refractivity (Wildman–Crippen MR) is 123 cm³/mol. The average molecular weight is 418 g/mol. The number of aromatic nitrogens is 1. The van der Waals surface area contributed by atoms with Crippen LogP contribution in [0.1, 0.15) is 46.9 Å². The minimum atomic E-state index is -0.360. The lowest BCUT2D eigenvalue weighted by Crippen LogP contribution is -2.13. The van der Waals surface area contributed by atoms with Crippen LogP contribution in [-0.2, 0) is 13.5 Å². The number of hydrogen-bond donors (Lipinski definition) is 0. The minimum absolute atomic E-state index is 0.0769. The first-order chi connectivity index (χ1) is 14.9. The first-order valence-corrected chi connectivity index (χ1v) is 10.7. The van der Waals surface area contributed by atoms with Crippen LogP contribution in [0.4, 0.5) is 0 Å². The van der Waals surface area contributed by atoms with Crippen molar-refractivity contribution in [3.63, 3.8) is 0 Å². The molecule has 0 saturated carbocycles. The second-order valence-corrected chi connectivity index (χ2v) is 8.01. The predicted octanol–water partition coefficient (Wildman–Crippen LogP) is 5.51. The Morgan fingerprint density at radius 1 is 1.10 bits per heavy atom. The smallest absolute Gasteiger partial charge is 0.336 e. The first-order valence-electron chi connectivity index (χ1n) is 10.7. The van der Waals surface area contributed by atoms with Crippen molar-refractivity contribution >= 4 is 27.7 Å². The van der Waals surface area contributed by atoms with Gasteiger partial charge in [-0.05, 0) is 50.5 Å². The quantitative estimate of drug-likeness (QED) is 0.294. The van der Waals surface area contributed by atoms with E-state index < -0.39 is 0 Å². The number of ketones is 1. The fraction of sp³-hybridized carbons (Fsp3) is 0.308. The monoisotopic (exact) mass is 417 g/mol. The van der Waals surface area contributed by atoms with Crippen molar-refractivity contribution in [2.75, 3.05) is 6.61 Å². The molecule has 0 bridgehead atoms.